The smallest absolute Gasteiger partial charge is 0.355 e. The lowest BCUT2D eigenvalue weighted by molar-refractivity contribution is 0.0519. The Hall–Kier alpha value is -1.29. The molecule has 2 N–H and O–H groups in total. The number of aliphatic hydroxyl groups is 1. The Balaban J connectivity index is 3.00. The molecule has 0 radical (unpaired) electrons. The number of rotatable bonds is 4. The average Bonchev–Trinajstić information content (AvgIpc) is 2.47. The molecule has 0 fully saturated rings. The van der Waals surface area contributed by atoms with Crippen molar-refractivity contribution in [3.8, 4) is 0 Å². The number of ether oxygens (including phenoxy) is 1. The molecule has 0 atom stereocenters. The highest BCUT2D eigenvalue weighted by Gasteiger charge is 2.17. The fourth-order valence-electron chi connectivity index (χ4n) is 1.68. The van der Waals surface area contributed by atoms with Gasteiger partial charge in [0.05, 0.1) is 6.61 Å². The maximum absolute atomic E-state index is 11.5. The number of aromatic nitrogens is 1. The third-order valence-corrected chi connectivity index (χ3v) is 2.43. The summed E-state index contributed by atoms with van der Waals surface area (Å²) in [5, 5.41) is 8.89. The van der Waals surface area contributed by atoms with E-state index in [0.29, 0.717) is 18.7 Å². The molecule has 1 heterocycles. The van der Waals surface area contributed by atoms with Crippen LogP contribution in [0.2, 0.25) is 0 Å². The van der Waals surface area contributed by atoms with Gasteiger partial charge >= 0.3 is 5.97 Å². The van der Waals surface area contributed by atoms with Crippen molar-refractivity contribution in [2.75, 3.05) is 13.2 Å². The van der Waals surface area contributed by atoms with Gasteiger partial charge in [-0.2, -0.15) is 0 Å². The molecular weight excluding hydrogens is 194 g/mol. The summed E-state index contributed by atoms with van der Waals surface area (Å²) in [7, 11) is 0. The molecule has 0 spiro atoms. The molecule has 0 aromatic carbocycles. The van der Waals surface area contributed by atoms with Crippen LogP contribution in [0.5, 0.6) is 0 Å². The van der Waals surface area contributed by atoms with E-state index in [4.69, 9.17) is 9.84 Å². The molecule has 0 saturated heterocycles. The third kappa shape index (κ3) is 2.39. The number of hydrogen-bond donors (Lipinski definition) is 2. The molecule has 4 nitrogen and oxygen atoms in total. The van der Waals surface area contributed by atoms with Crippen LogP contribution in [0.1, 0.15) is 34.2 Å². The van der Waals surface area contributed by atoms with Crippen molar-refractivity contribution in [2.45, 2.75) is 27.2 Å². The van der Waals surface area contributed by atoms with Crippen molar-refractivity contribution >= 4 is 5.97 Å². The maximum atomic E-state index is 11.5. The minimum Gasteiger partial charge on any atom is -0.461 e. The zero-order valence-corrected chi connectivity index (χ0v) is 9.39. The van der Waals surface area contributed by atoms with Crippen molar-refractivity contribution in [2.24, 2.45) is 0 Å². The van der Waals surface area contributed by atoms with Crippen molar-refractivity contribution in [3.63, 3.8) is 0 Å². The van der Waals surface area contributed by atoms with E-state index in [-0.39, 0.29) is 12.6 Å². The molecule has 0 bridgehead atoms. The zero-order valence-electron chi connectivity index (χ0n) is 9.39. The summed E-state index contributed by atoms with van der Waals surface area (Å²) in [4.78, 5) is 14.5. The van der Waals surface area contributed by atoms with Gasteiger partial charge in [-0.15, -0.1) is 0 Å². The van der Waals surface area contributed by atoms with E-state index < -0.39 is 0 Å². The van der Waals surface area contributed by atoms with E-state index in [1.54, 1.807) is 6.92 Å². The van der Waals surface area contributed by atoms with Gasteiger partial charge in [-0.1, -0.05) is 0 Å². The van der Waals surface area contributed by atoms with Crippen LogP contribution < -0.4 is 0 Å². The Morgan fingerprint density at radius 2 is 2.13 bits per heavy atom. The number of carbonyl (C=O) groups is 1. The van der Waals surface area contributed by atoms with Crippen LogP contribution in [0.3, 0.4) is 0 Å². The van der Waals surface area contributed by atoms with Gasteiger partial charge in [0.25, 0.3) is 0 Å². The highest BCUT2D eigenvalue weighted by molar-refractivity contribution is 5.89. The van der Waals surface area contributed by atoms with Crippen LogP contribution in [-0.4, -0.2) is 29.3 Å². The molecule has 0 saturated carbocycles. The molecule has 0 aliphatic heterocycles. The largest absolute Gasteiger partial charge is 0.461 e. The standard InChI is InChI=1S/C11H17NO3/c1-4-15-11(14)10-7(2)9(5-6-13)8(3)12-10/h12-13H,4-6H2,1-3H3. The first-order valence-corrected chi connectivity index (χ1v) is 5.07. The first kappa shape index (κ1) is 11.8. The van der Waals surface area contributed by atoms with Crippen LogP contribution in [0.4, 0.5) is 0 Å². The number of aliphatic hydroxyl groups excluding tert-OH is 1. The molecule has 1 rings (SSSR count). The van der Waals surface area contributed by atoms with Crippen LogP contribution in [-0.2, 0) is 11.2 Å². The number of esters is 1. The van der Waals surface area contributed by atoms with E-state index >= 15 is 0 Å². The van der Waals surface area contributed by atoms with Gasteiger partial charge in [0, 0.05) is 12.3 Å². The monoisotopic (exact) mass is 211 g/mol. The number of hydrogen-bond acceptors (Lipinski definition) is 3. The van der Waals surface area contributed by atoms with Gasteiger partial charge in [-0.05, 0) is 38.3 Å². The number of nitrogens with one attached hydrogen (secondary N) is 1. The SMILES string of the molecule is CCOC(=O)c1[nH]c(C)c(CCO)c1C. The Labute approximate surface area is 89.3 Å². The lowest BCUT2D eigenvalue weighted by Crippen LogP contribution is -2.06. The summed E-state index contributed by atoms with van der Waals surface area (Å²) in [6.45, 7) is 5.98. The first-order valence-electron chi connectivity index (χ1n) is 5.07. The number of aromatic amines is 1. The normalized spacial score (nSPS) is 10.4. The number of H-pyrrole nitrogens is 1. The summed E-state index contributed by atoms with van der Waals surface area (Å²) in [5.74, 6) is -0.331. The van der Waals surface area contributed by atoms with Crippen LogP contribution >= 0.6 is 0 Å². The number of aryl methyl sites for hydroxylation is 1. The molecule has 84 valence electrons. The lowest BCUT2D eigenvalue weighted by Gasteiger charge is -2.01. The summed E-state index contributed by atoms with van der Waals surface area (Å²) in [6, 6.07) is 0. The topological polar surface area (TPSA) is 62.3 Å². The highest BCUT2D eigenvalue weighted by atomic mass is 16.5. The van der Waals surface area contributed by atoms with Gasteiger partial charge < -0.3 is 14.8 Å². The van der Waals surface area contributed by atoms with Gasteiger partial charge in [0.2, 0.25) is 0 Å². The lowest BCUT2D eigenvalue weighted by atomic mass is 10.1. The molecule has 1 aromatic rings. The molecule has 4 heteroatoms. The van der Waals surface area contributed by atoms with Crippen molar-refractivity contribution < 1.29 is 14.6 Å². The molecular formula is C11H17NO3. The van der Waals surface area contributed by atoms with E-state index in [2.05, 4.69) is 4.98 Å². The third-order valence-electron chi connectivity index (χ3n) is 2.43. The Kier molecular flexibility index (Phi) is 3.91. The summed E-state index contributed by atoms with van der Waals surface area (Å²) in [6.07, 6.45) is 0.563. The molecule has 0 aliphatic rings. The second kappa shape index (κ2) is 4.98. The number of carbonyl (C=O) groups excluding carboxylic acids is 1. The predicted octanol–water partition coefficient (Wildman–Crippen LogP) is 1.34. The zero-order chi connectivity index (χ0) is 11.4. The molecule has 0 aliphatic carbocycles. The fourth-order valence-corrected chi connectivity index (χ4v) is 1.68. The minimum atomic E-state index is -0.331. The van der Waals surface area contributed by atoms with Gasteiger partial charge in [0.15, 0.2) is 0 Å². The van der Waals surface area contributed by atoms with Gasteiger partial charge in [-0.25, -0.2) is 4.79 Å². The first-order chi connectivity index (χ1) is 7.11. The molecule has 0 unspecified atom stereocenters. The highest BCUT2D eigenvalue weighted by Crippen LogP contribution is 2.18. The minimum absolute atomic E-state index is 0.0851. The van der Waals surface area contributed by atoms with E-state index in [9.17, 15) is 4.79 Å². The molecule has 0 amide bonds. The van der Waals surface area contributed by atoms with Crippen molar-refractivity contribution in [3.05, 3.63) is 22.5 Å². The van der Waals surface area contributed by atoms with Gasteiger partial charge in [0.1, 0.15) is 5.69 Å². The van der Waals surface area contributed by atoms with Crippen LogP contribution in [0, 0.1) is 13.8 Å². The van der Waals surface area contributed by atoms with E-state index in [1.165, 1.54) is 0 Å². The van der Waals surface area contributed by atoms with Crippen LogP contribution in [0.15, 0.2) is 0 Å². The second-order valence-electron chi connectivity index (χ2n) is 3.42. The second-order valence-corrected chi connectivity index (χ2v) is 3.42. The Morgan fingerprint density at radius 1 is 1.47 bits per heavy atom. The summed E-state index contributed by atoms with van der Waals surface area (Å²) < 4.78 is 4.92. The van der Waals surface area contributed by atoms with Gasteiger partial charge in [-0.3, -0.25) is 0 Å². The van der Waals surface area contributed by atoms with E-state index in [1.807, 2.05) is 13.8 Å². The molecule has 1 aromatic heterocycles. The Morgan fingerprint density at radius 3 is 2.67 bits per heavy atom. The van der Waals surface area contributed by atoms with E-state index in [0.717, 1.165) is 16.8 Å². The van der Waals surface area contributed by atoms with Crippen molar-refractivity contribution in [1.82, 2.24) is 4.98 Å². The van der Waals surface area contributed by atoms with Crippen molar-refractivity contribution in [1.29, 1.82) is 0 Å². The fraction of sp³-hybridized carbons (Fsp3) is 0.545. The average molecular weight is 211 g/mol. The quantitative estimate of drug-likeness (QED) is 0.739. The molecule has 15 heavy (non-hydrogen) atoms. The van der Waals surface area contributed by atoms with Crippen LogP contribution in [0.25, 0.3) is 0 Å². The predicted molar refractivity (Wildman–Crippen MR) is 57.0 cm³/mol. The summed E-state index contributed by atoms with van der Waals surface area (Å²) in [5.41, 5.74) is 3.29. The summed E-state index contributed by atoms with van der Waals surface area (Å²) >= 11 is 0. The maximum Gasteiger partial charge on any atom is 0.355 e. The Bertz CT molecular complexity index is 355.